The number of aromatic nitrogens is 2. The SMILES string of the molecule is OCC1(NCc2cnn(-c3ccc(F)cc3)c2)CCCc2ccccc21. The number of fused-ring (bicyclic) bond motifs is 1. The summed E-state index contributed by atoms with van der Waals surface area (Å²) in [5, 5.41) is 18.1. The summed E-state index contributed by atoms with van der Waals surface area (Å²) in [6.45, 7) is 0.673. The highest BCUT2D eigenvalue weighted by molar-refractivity contribution is 5.37. The lowest BCUT2D eigenvalue weighted by Gasteiger charge is -2.38. The Kier molecular flexibility index (Phi) is 4.57. The first-order valence-corrected chi connectivity index (χ1v) is 8.94. The zero-order valence-electron chi connectivity index (χ0n) is 14.5. The number of benzene rings is 2. The summed E-state index contributed by atoms with van der Waals surface area (Å²) in [5.41, 5.74) is 3.93. The van der Waals surface area contributed by atoms with Crippen LogP contribution in [0.15, 0.2) is 60.9 Å². The van der Waals surface area contributed by atoms with Crippen molar-refractivity contribution in [3.05, 3.63) is 83.4 Å². The van der Waals surface area contributed by atoms with Crippen LogP contribution in [0.3, 0.4) is 0 Å². The van der Waals surface area contributed by atoms with E-state index in [1.807, 2.05) is 12.3 Å². The van der Waals surface area contributed by atoms with Gasteiger partial charge in [-0.3, -0.25) is 0 Å². The fraction of sp³-hybridized carbons (Fsp3) is 0.286. The molecule has 0 saturated heterocycles. The van der Waals surface area contributed by atoms with Crippen LogP contribution in [-0.4, -0.2) is 21.5 Å². The van der Waals surface area contributed by atoms with Crippen LogP contribution >= 0.6 is 0 Å². The molecule has 4 rings (SSSR count). The first-order chi connectivity index (χ1) is 12.7. The van der Waals surface area contributed by atoms with Crippen molar-refractivity contribution in [1.29, 1.82) is 0 Å². The van der Waals surface area contributed by atoms with Crippen LogP contribution in [-0.2, 0) is 18.5 Å². The Hall–Kier alpha value is -2.50. The van der Waals surface area contributed by atoms with Gasteiger partial charge in [0.1, 0.15) is 5.82 Å². The number of nitrogens with one attached hydrogen (secondary N) is 1. The van der Waals surface area contributed by atoms with E-state index in [-0.39, 0.29) is 12.4 Å². The van der Waals surface area contributed by atoms with Crippen LogP contribution in [0.4, 0.5) is 4.39 Å². The van der Waals surface area contributed by atoms with Gasteiger partial charge in [-0.1, -0.05) is 24.3 Å². The van der Waals surface area contributed by atoms with Crippen LogP contribution < -0.4 is 5.32 Å². The molecule has 1 aliphatic carbocycles. The van der Waals surface area contributed by atoms with Crippen LogP contribution in [0, 0.1) is 5.82 Å². The minimum atomic E-state index is -0.410. The minimum Gasteiger partial charge on any atom is -0.394 e. The second kappa shape index (κ2) is 7.02. The fourth-order valence-corrected chi connectivity index (χ4v) is 3.78. The summed E-state index contributed by atoms with van der Waals surface area (Å²) in [6, 6.07) is 14.6. The molecule has 0 bridgehead atoms. The Morgan fingerprint density at radius 2 is 1.96 bits per heavy atom. The van der Waals surface area contributed by atoms with E-state index < -0.39 is 5.54 Å². The van der Waals surface area contributed by atoms with Crippen molar-refractivity contribution in [3.63, 3.8) is 0 Å². The molecule has 0 fully saturated rings. The zero-order valence-corrected chi connectivity index (χ0v) is 14.5. The molecule has 1 heterocycles. The lowest BCUT2D eigenvalue weighted by atomic mass is 9.77. The van der Waals surface area contributed by atoms with E-state index in [0.717, 1.165) is 30.5 Å². The number of aliphatic hydroxyl groups excluding tert-OH is 1. The number of aryl methyl sites for hydroxylation is 1. The molecule has 1 atom stereocenters. The van der Waals surface area contributed by atoms with Gasteiger partial charge >= 0.3 is 0 Å². The highest BCUT2D eigenvalue weighted by Crippen LogP contribution is 2.35. The fourth-order valence-electron chi connectivity index (χ4n) is 3.78. The average molecular weight is 351 g/mol. The van der Waals surface area contributed by atoms with Gasteiger partial charge in [0.25, 0.3) is 0 Å². The molecule has 1 aliphatic rings. The molecule has 1 unspecified atom stereocenters. The summed E-state index contributed by atoms with van der Waals surface area (Å²) >= 11 is 0. The predicted molar refractivity (Wildman–Crippen MR) is 98.5 cm³/mol. The monoisotopic (exact) mass is 351 g/mol. The van der Waals surface area contributed by atoms with Crippen LogP contribution in [0.1, 0.15) is 29.5 Å². The third-order valence-electron chi connectivity index (χ3n) is 5.21. The molecule has 26 heavy (non-hydrogen) atoms. The summed E-state index contributed by atoms with van der Waals surface area (Å²) in [4.78, 5) is 0. The van der Waals surface area contributed by atoms with Gasteiger partial charge in [0.2, 0.25) is 0 Å². The number of nitrogens with zero attached hydrogens (tertiary/aromatic N) is 2. The van der Waals surface area contributed by atoms with Gasteiger partial charge in [0, 0.05) is 18.3 Å². The lowest BCUT2D eigenvalue weighted by molar-refractivity contribution is 0.140. The zero-order chi connectivity index (χ0) is 18.0. The maximum absolute atomic E-state index is 13.1. The second-order valence-corrected chi connectivity index (χ2v) is 6.87. The molecule has 134 valence electrons. The van der Waals surface area contributed by atoms with Gasteiger partial charge in [-0.15, -0.1) is 0 Å². The third kappa shape index (κ3) is 3.16. The molecule has 1 aromatic heterocycles. The number of hydrogen-bond donors (Lipinski definition) is 2. The van der Waals surface area contributed by atoms with E-state index in [1.54, 1.807) is 23.0 Å². The Morgan fingerprint density at radius 1 is 1.15 bits per heavy atom. The van der Waals surface area contributed by atoms with Gasteiger partial charge < -0.3 is 10.4 Å². The van der Waals surface area contributed by atoms with E-state index >= 15 is 0 Å². The van der Waals surface area contributed by atoms with E-state index in [4.69, 9.17) is 0 Å². The summed E-state index contributed by atoms with van der Waals surface area (Å²) in [5.74, 6) is -0.261. The molecule has 0 amide bonds. The Bertz CT molecular complexity index is 890. The van der Waals surface area contributed by atoms with Crippen molar-refractivity contribution >= 4 is 0 Å². The highest BCUT2D eigenvalue weighted by Gasteiger charge is 2.35. The number of halogens is 1. The quantitative estimate of drug-likeness (QED) is 0.741. The summed E-state index contributed by atoms with van der Waals surface area (Å²) in [7, 11) is 0. The van der Waals surface area contributed by atoms with Crippen molar-refractivity contribution < 1.29 is 9.50 Å². The first-order valence-electron chi connectivity index (χ1n) is 8.94. The van der Waals surface area contributed by atoms with Gasteiger partial charge in [-0.05, 0) is 54.7 Å². The molecule has 0 saturated carbocycles. The largest absolute Gasteiger partial charge is 0.394 e. The standard InChI is InChI=1S/C21H22FN3O/c22-18-7-9-19(10-8-18)25-14-16(13-24-25)12-23-21(15-26)11-3-5-17-4-1-2-6-20(17)21/h1-2,4,6-10,13-14,23,26H,3,5,11-12,15H2. The predicted octanol–water partition coefficient (Wildman–Crippen LogP) is 3.33. The molecule has 2 aromatic carbocycles. The normalized spacial score (nSPS) is 19.3. The smallest absolute Gasteiger partial charge is 0.123 e. The maximum atomic E-state index is 13.1. The molecule has 2 N–H and O–H groups in total. The number of aliphatic hydroxyl groups is 1. The lowest BCUT2D eigenvalue weighted by Crippen LogP contribution is -2.47. The minimum absolute atomic E-state index is 0.0656. The number of hydrogen-bond acceptors (Lipinski definition) is 3. The molecule has 5 heteroatoms. The van der Waals surface area contributed by atoms with Crippen molar-refractivity contribution in [2.45, 2.75) is 31.3 Å². The summed E-state index contributed by atoms with van der Waals surface area (Å²) < 4.78 is 14.8. The maximum Gasteiger partial charge on any atom is 0.123 e. The van der Waals surface area contributed by atoms with Crippen LogP contribution in [0.5, 0.6) is 0 Å². The van der Waals surface area contributed by atoms with Gasteiger partial charge in [0.05, 0.1) is 24.0 Å². The van der Waals surface area contributed by atoms with Crippen molar-refractivity contribution in [2.75, 3.05) is 6.61 Å². The van der Waals surface area contributed by atoms with Crippen molar-refractivity contribution in [3.8, 4) is 5.69 Å². The van der Waals surface area contributed by atoms with Gasteiger partial charge in [0.15, 0.2) is 0 Å². The van der Waals surface area contributed by atoms with Crippen molar-refractivity contribution in [1.82, 2.24) is 15.1 Å². The Labute approximate surface area is 152 Å². The molecule has 0 radical (unpaired) electrons. The molecule has 3 aromatic rings. The molecule has 4 nitrogen and oxygen atoms in total. The molecular formula is C21H22FN3O. The van der Waals surface area contributed by atoms with E-state index in [0.29, 0.717) is 6.54 Å². The van der Waals surface area contributed by atoms with Crippen molar-refractivity contribution in [2.24, 2.45) is 0 Å². The topological polar surface area (TPSA) is 50.1 Å². The Morgan fingerprint density at radius 3 is 2.77 bits per heavy atom. The van der Waals surface area contributed by atoms with E-state index in [2.05, 4.69) is 28.6 Å². The molecule has 0 aliphatic heterocycles. The third-order valence-corrected chi connectivity index (χ3v) is 5.21. The molecular weight excluding hydrogens is 329 g/mol. The van der Waals surface area contributed by atoms with E-state index in [9.17, 15) is 9.50 Å². The average Bonchev–Trinajstić information content (AvgIpc) is 3.16. The van der Waals surface area contributed by atoms with Gasteiger partial charge in [-0.25, -0.2) is 9.07 Å². The van der Waals surface area contributed by atoms with E-state index in [1.165, 1.54) is 23.3 Å². The van der Waals surface area contributed by atoms with Crippen LogP contribution in [0.2, 0.25) is 0 Å². The van der Waals surface area contributed by atoms with Gasteiger partial charge in [-0.2, -0.15) is 5.10 Å². The highest BCUT2D eigenvalue weighted by atomic mass is 19.1. The van der Waals surface area contributed by atoms with Crippen LogP contribution in [0.25, 0.3) is 5.69 Å². The number of rotatable bonds is 5. The Balaban J connectivity index is 1.53. The second-order valence-electron chi connectivity index (χ2n) is 6.87. The summed E-state index contributed by atoms with van der Waals surface area (Å²) in [6.07, 6.45) is 6.75. The first kappa shape index (κ1) is 16.9. The molecule has 0 spiro atoms.